The van der Waals surface area contributed by atoms with Crippen LogP contribution >= 0.6 is 11.3 Å². The normalized spacial score (nSPS) is 15.4. The summed E-state index contributed by atoms with van der Waals surface area (Å²) in [4.78, 5) is 31.2. The van der Waals surface area contributed by atoms with Crippen LogP contribution in [0.25, 0.3) is 0 Å². The third-order valence-electron chi connectivity index (χ3n) is 4.17. The lowest BCUT2D eigenvalue weighted by atomic mass is 9.89. The molecular formula is C17H18N2O3S. The Bertz CT molecular complexity index is 674. The van der Waals surface area contributed by atoms with Crippen LogP contribution in [0.3, 0.4) is 0 Å². The third kappa shape index (κ3) is 3.42. The molecule has 0 unspecified atom stereocenters. The molecule has 6 heteroatoms. The highest BCUT2D eigenvalue weighted by Gasteiger charge is 2.28. The number of thiazole rings is 1. The molecule has 1 aliphatic heterocycles. The monoisotopic (exact) mass is 330 g/mol. The molecule has 2 aromatic rings. The van der Waals surface area contributed by atoms with Crippen molar-refractivity contribution in [3.05, 3.63) is 46.4 Å². The Hall–Kier alpha value is -2.21. The van der Waals surface area contributed by atoms with E-state index in [0.29, 0.717) is 36.4 Å². The average Bonchev–Trinajstić information content (AvgIpc) is 3.15. The number of amides is 1. The zero-order valence-corrected chi connectivity index (χ0v) is 13.7. The summed E-state index contributed by atoms with van der Waals surface area (Å²) in [7, 11) is 1.60. The van der Waals surface area contributed by atoms with E-state index in [4.69, 9.17) is 4.74 Å². The topological polar surface area (TPSA) is 59.5 Å². The minimum atomic E-state index is -0.0195. The van der Waals surface area contributed by atoms with E-state index < -0.39 is 0 Å². The van der Waals surface area contributed by atoms with Crippen LogP contribution in [-0.2, 0) is 0 Å². The summed E-state index contributed by atoms with van der Waals surface area (Å²) in [6, 6.07) is 7.21. The van der Waals surface area contributed by atoms with Crippen LogP contribution in [0, 0.1) is 5.92 Å². The van der Waals surface area contributed by atoms with Gasteiger partial charge in [-0.1, -0.05) is 0 Å². The predicted octanol–water partition coefficient (Wildman–Crippen LogP) is 2.89. The minimum absolute atomic E-state index is 0.0165. The number of ketones is 1. The summed E-state index contributed by atoms with van der Waals surface area (Å²) in [5.74, 6) is 0.890. The van der Waals surface area contributed by atoms with E-state index in [1.165, 1.54) is 11.3 Å². The molecule has 1 aromatic carbocycles. The molecule has 0 aliphatic carbocycles. The van der Waals surface area contributed by atoms with Gasteiger partial charge in [0.2, 0.25) is 0 Å². The number of likely N-dealkylation sites (tertiary alicyclic amines) is 1. The Balaban J connectivity index is 1.59. The predicted molar refractivity (Wildman–Crippen MR) is 88.1 cm³/mol. The zero-order chi connectivity index (χ0) is 16.2. The van der Waals surface area contributed by atoms with Crippen molar-refractivity contribution >= 4 is 23.0 Å². The SMILES string of the molecule is COc1ccc(C(=O)C2CCN(C(=O)c3cncs3)CC2)cc1. The van der Waals surface area contributed by atoms with Gasteiger partial charge in [-0.3, -0.25) is 14.6 Å². The van der Waals surface area contributed by atoms with Crippen LogP contribution in [0.15, 0.2) is 36.0 Å². The van der Waals surface area contributed by atoms with E-state index in [1.54, 1.807) is 43.1 Å². The highest BCUT2D eigenvalue weighted by molar-refractivity contribution is 7.11. The smallest absolute Gasteiger partial charge is 0.265 e. The average molecular weight is 330 g/mol. The maximum Gasteiger partial charge on any atom is 0.265 e. The van der Waals surface area contributed by atoms with Gasteiger partial charge in [0.05, 0.1) is 18.8 Å². The van der Waals surface area contributed by atoms with E-state index in [1.807, 2.05) is 4.90 Å². The van der Waals surface area contributed by atoms with Gasteiger partial charge < -0.3 is 9.64 Å². The molecule has 0 N–H and O–H groups in total. The summed E-state index contributed by atoms with van der Waals surface area (Å²) < 4.78 is 5.11. The summed E-state index contributed by atoms with van der Waals surface area (Å²) >= 11 is 1.35. The number of Topliss-reactive ketones (excluding diaryl/α,β-unsaturated/α-hetero) is 1. The van der Waals surface area contributed by atoms with Crippen molar-refractivity contribution in [2.75, 3.05) is 20.2 Å². The fourth-order valence-electron chi connectivity index (χ4n) is 2.81. The molecule has 0 saturated carbocycles. The quantitative estimate of drug-likeness (QED) is 0.809. The number of methoxy groups -OCH3 is 1. The number of ether oxygens (including phenoxy) is 1. The van der Waals surface area contributed by atoms with Gasteiger partial charge in [0.1, 0.15) is 10.6 Å². The highest BCUT2D eigenvalue weighted by atomic mass is 32.1. The van der Waals surface area contributed by atoms with Gasteiger partial charge in [0, 0.05) is 24.6 Å². The Morgan fingerprint density at radius 3 is 2.48 bits per heavy atom. The molecule has 0 bridgehead atoms. The molecule has 5 nitrogen and oxygen atoms in total. The van der Waals surface area contributed by atoms with Crippen molar-refractivity contribution in [2.24, 2.45) is 5.92 Å². The molecule has 0 spiro atoms. The summed E-state index contributed by atoms with van der Waals surface area (Å²) in [5, 5.41) is 0. The second-order valence-corrected chi connectivity index (χ2v) is 6.41. The Morgan fingerprint density at radius 2 is 1.91 bits per heavy atom. The number of piperidine rings is 1. The van der Waals surface area contributed by atoms with Crippen LogP contribution in [-0.4, -0.2) is 41.8 Å². The van der Waals surface area contributed by atoms with Gasteiger partial charge in [0.15, 0.2) is 5.78 Å². The van der Waals surface area contributed by atoms with Crippen LogP contribution in [0.1, 0.15) is 32.9 Å². The number of rotatable bonds is 4. The molecule has 120 valence electrons. The van der Waals surface area contributed by atoms with Gasteiger partial charge in [-0.05, 0) is 37.1 Å². The molecule has 2 heterocycles. The van der Waals surface area contributed by atoms with E-state index in [9.17, 15) is 9.59 Å². The highest BCUT2D eigenvalue weighted by Crippen LogP contribution is 2.24. The molecular weight excluding hydrogens is 312 g/mol. The van der Waals surface area contributed by atoms with Crippen molar-refractivity contribution in [1.82, 2.24) is 9.88 Å². The Kier molecular flexibility index (Phi) is 4.71. The summed E-state index contributed by atoms with van der Waals surface area (Å²) in [6.45, 7) is 1.23. The zero-order valence-electron chi connectivity index (χ0n) is 12.9. The number of aromatic nitrogens is 1. The van der Waals surface area contributed by atoms with Crippen LogP contribution in [0.4, 0.5) is 0 Å². The van der Waals surface area contributed by atoms with Crippen molar-refractivity contribution in [1.29, 1.82) is 0 Å². The third-order valence-corrected chi connectivity index (χ3v) is 4.93. The number of carbonyl (C=O) groups excluding carboxylic acids is 2. The van der Waals surface area contributed by atoms with Crippen molar-refractivity contribution < 1.29 is 14.3 Å². The van der Waals surface area contributed by atoms with Gasteiger partial charge in [-0.25, -0.2) is 0 Å². The molecule has 3 rings (SSSR count). The largest absolute Gasteiger partial charge is 0.497 e. The number of hydrogen-bond acceptors (Lipinski definition) is 5. The molecule has 0 atom stereocenters. The number of hydrogen-bond donors (Lipinski definition) is 0. The first-order valence-corrected chi connectivity index (χ1v) is 8.43. The first kappa shape index (κ1) is 15.7. The maximum absolute atomic E-state index is 12.6. The van der Waals surface area contributed by atoms with Crippen LogP contribution in [0.5, 0.6) is 5.75 Å². The summed E-state index contributed by atoms with van der Waals surface area (Å²) in [6.07, 6.45) is 3.01. The van der Waals surface area contributed by atoms with Gasteiger partial charge in [-0.2, -0.15) is 0 Å². The molecule has 1 aliphatic rings. The van der Waals surface area contributed by atoms with E-state index >= 15 is 0 Å². The van der Waals surface area contributed by atoms with E-state index in [0.717, 1.165) is 5.75 Å². The lowest BCUT2D eigenvalue weighted by Crippen LogP contribution is -2.40. The minimum Gasteiger partial charge on any atom is -0.497 e. The standard InChI is InChI=1S/C17H18N2O3S/c1-22-14-4-2-12(3-5-14)16(20)13-6-8-19(9-7-13)17(21)15-10-18-11-23-15/h2-5,10-11,13H,6-9H2,1H3. The lowest BCUT2D eigenvalue weighted by Gasteiger charge is -2.31. The number of nitrogens with zero attached hydrogens (tertiary/aromatic N) is 2. The van der Waals surface area contributed by atoms with Crippen LogP contribution in [0.2, 0.25) is 0 Å². The molecule has 1 saturated heterocycles. The Morgan fingerprint density at radius 1 is 1.22 bits per heavy atom. The van der Waals surface area contributed by atoms with Gasteiger partial charge in [0.25, 0.3) is 5.91 Å². The van der Waals surface area contributed by atoms with Gasteiger partial charge >= 0.3 is 0 Å². The molecule has 1 amide bonds. The first-order chi connectivity index (χ1) is 11.2. The van der Waals surface area contributed by atoms with Gasteiger partial charge in [-0.15, -0.1) is 11.3 Å². The molecule has 1 fully saturated rings. The van der Waals surface area contributed by atoms with Crippen molar-refractivity contribution in [3.8, 4) is 5.75 Å². The van der Waals surface area contributed by atoms with Crippen molar-refractivity contribution in [3.63, 3.8) is 0 Å². The molecule has 0 radical (unpaired) electrons. The van der Waals surface area contributed by atoms with Crippen LogP contribution < -0.4 is 4.74 Å². The molecule has 23 heavy (non-hydrogen) atoms. The molecule has 1 aromatic heterocycles. The van der Waals surface area contributed by atoms with E-state index in [-0.39, 0.29) is 17.6 Å². The van der Waals surface area contributed by atoms with E-state index in [2.05, 4.69) is 4.98 Å². The number of benzene rings is 1. The number of carbonyl (C=O) groups is 2. The van der Waals surface area contributed by atoms with Crippen molar-refractivity contribution in [2.45, 2.75) is 12.8 Å². The maximum atomic E-state index is 12.6. The Labute approximate surface area is 138 Å². The first-order valence-electron chi connectivity index (χ1n) is 7.55. The fraction of sp³-hybridized carbons (Fsp3) is 0.353. The second-order valence-electron chi connectivity index (χ2n) is 5.52. The fourth-order valence-corrected chi connectivity index (χ4v) is 3.40. The summed E-state index contributed by atoms with van der Waals surface area (Å²) in [5.41, 5.74) is 2.37. The lowest BCUT2D eigenvalue weighted by molar-refractivity contribution is 0.0654. The second kappa shape index (κ2) is 6.91.